The molecule has 0 bridgehead atoms. The topological polar surface area (TPSA) is 65.2 Å². The monoisotopic (exact) mass is 407 g/mol. The Labute approximate surface area is 166 Å². The summed E-state index contributed by atoms with van der Waals surface area (Å²) in [7, 11) is 0. The number of piperidine rings is 1. The van der Waals surface area contributed by atoms with Gasteiger partial charge in [-0.05, 0) is 49.6 Å². The first-order valence-corrected chi connectivity index (χ1v) is 9.64. The molecule has 1 saturated heterocycles. The van der Waals surface area contributed by atoms with Gasteiger partial charge in [0.15, 0.2) is 0 Å². The van der Waals surface area contributed by atoms with E-state index >= 15 is 0 Å². The molecule has 1 aliphatic rings. The van der Waals surface area contributed by atoms with Gasteiger partial charge in [-0.1, -0.05) is 30.7 Å². The van der Waals surface area contributed by atoms with Gasteiger partial charge in [0.05, 0.1) is 0 Å². The zero-order chi connectivity index (χ0) is 21.0. The SMILES string of the molecule is CC1CCCCN1Cc1ccc(CNC(=O)c2ccc(C(F)(F)F)[nH]c2=O)cc1. The lowest BCUT2D eigenvalue weighted by atomic mass is 10.0. The normalized spacial score (nSPS) is 17.9. The second-order valence-corrected chi connectivity index (χ2v) is 7.43. The molecule has 1 atom stereocenters. The minimum absolute atomic E-state index is 0.180. The Bertz CT molecular complexity index is 907. The molecule has 2 aromatic rings. The molecule has 2 N–H and O–H groups in total. The summed E-state index contributed by atoms with van der Waals surface area (Å²) in [6, 6.07) is 9.97. The lowest BCUT2D eigenvalue weighted by molar-refractivity contribution is -0.141. The summed E-state index contributed by atoms with van der Waals surface area (Å²) in [6.07, 6.45) is -0.954. The standard InChI is InChI=1S/C21H24F3N3O2/c1-14-4-2-3-11-27(14)13-16-7-5-15(6-8-16)12-25-19(28)17-9-10-18(21(22,23)24)26-20(17)29/h5-10,14H,2-4,11-13H2,1H3,(H,25,28)(H,26,29). The predicted octanol–water partition coefficient (Wildman–Crippen LogP) is 3.70. The third kappa shape index (κ3) is 5.47. The largest absolute Gasteiger partial charge is 0.431 e. The number of carbonyl (C=O) groups excluding carboxylic acids is 1. The van der Waals surface area contributed by atoms with Crippen LogP contribution in [0.15, 0.2) is 41.2 Å². The van der Waals surface area contributed by atoms with Crippen molar-refractivity contribution in [3.05, 3.63) is 69.1 Å². The molecule has 29 heavy (non-hydrogen) atoms. The molecular weight excluding hydrogens is 383 g/mol. The van der Waals surface area contributed by atoms with Crippen LogP contribution in [0.1, 0.15) is 53.4 Å². The van der Waals surface area contributed by atoms with Gasteiger partial charge in [0, 0.05) is 19.1 Å². The first kappa shape index (κ1) is 21.1. The highest BCUT2D eigenvalue weighted by molar-refractivity contribution is 5.93. The Hall–Kier alpha value is -2.61. The summed E-state index contributed by atoms with van der Waals surface area (Å²) in [6.45, 7) is 4.40. The molecule has 0 spiro atoms. The Morgan fingerprint density at radius 3 is 2.45 bits per heavy atom. The number of likely N-dealkylation sites (tertiary alicyclic amines) is 1. The second-order valence-electron chi connectivity index (χ2n) is 7.43. The van der Waals surface area contributed by atoms with Gasteiger partial charge in [-0.15, -0.1) is 0 Å². The van der Waals surface area contributed by atoms with Crippen molar-refractivity contribution in [2.24, 2.45) is 0 Å². The molecule has 1 aromatic carbocycles. The molecule has 1 aliphatic heterocycles. The molecule has 1 fully saturated rings. The van der Waals surface area contributed by atoms with Gasteiger partial charge in [-0.25, -0.2) is 0 Å². The lowest BCUT2D eigenvalue weighted by Gasteiger charge is -2.33. The summed E-state index contributed by atoms with van der Waals surface area (Å²) in [4.78, 5) is 28.1. The van der Waals surface area contributed by atoms with Crippen molar-refractivity contribution in [2.75, 3.05) is 6.54 Å². The van der Waals surface area contributed by atoms with E-state index < -0.39 is 23.3 Å². The van der Waals surface area contributed by atoms with E-state index in [-0.39, 0.29) is 12.1 Å². The maximum atomic E-state index is 12.6. The van der Waals surface area contributed by atoms with E-state index in [1.807, 2.05) is 24.3 Å². The molecule has 5 nitrogen and oxygen atoms in total. The van der Waals surface area contributed by atoms with Gasteiger partial charge in [-0.3, -0.25) is 14.5 Å². The van der Waals surface area contributed by atoms with Crippen LogP contribution in [0.25, 0.3) is 0 Å². The number of amides is 1. The van der Waals surface area contributed by atoms with Crippen LogP contribution >= 0.6 is 0 Å². The number of nitrogens with zero attached hydrogens (tertiary/aromatic N) is 1. The number of halogens is 3. The number of H-pyrrole nitrogens is 1. The van der Waals surface area contributed by atoms with E-state index in [9.17, 15) is 22.8 Å². The molecule has 3 rings (SSSR count). The Morgan fingerprint density at radius 2 is 1.83 bits per heavy atom. The molecule has 0 radical (unpaired) electrons. The van der Waals surface area contributed by atoms with Crippen molar-refractivity contribution in [1.29, 1.82) is 0 Å². The number of pyridine rings is 1. The van der Waals surface area contributed by atoms with Crippen molar-refractivity contribution >= 4 is 5.91 Å². The summed E-state index contributed by atoms with van der Waals surface area (Å²) >= 11 is 0. The first-order chi connectivity index (χ1) is 13.7. The van der Waals surface area contributed by atoms with E-state index in [2.05, 4.69) is 17.1 Å². The second kappa shape index (κ2) is 8.82. The molecule has 1 unspecified atom stereocenters. The summed E-state index contributed by atoms with van der Waals surface area (Å²) < 4.78 is 37.8. The molecule has 2 heterocycles. The summed E-state index contributed by atoms with van der Waals surface area (Å²) in [5.41, 5.74) is -0.570. The average Bonchev–Trinajstić information content (AvgIpc) is 2.68. The number of aromatic amines is 1. The summed E-state index contributed by atoms with van der Waals surface area (Å²) in [5.74, 6) is -0.716. The Morgan fingerprint density at radius 1 is 1.14 bits per heavy atom. The molecule has 0 aliphatic carbocycles. The Kier molecular flexibility index (Phi) is 6.42. The number of carbonyl (C=O) groups is 1. The van der Waals surface area contributed by atoms with Crippen LogP contribution in [0.3, 0.4) is 0 Å². The highest BCUT2D eigenvalue weighted by Gasteiger charge is 2.32. The van der Waals surface area contributed by atoms with Crippen molar-refractivity contribution in [1.82, 2.24) is 15.2 Å². The molecule has 8 heteroatoms. The van der Waals surface area contributed by atoms with Gasteiger partial charge in [-0.2, -0.15) is 13.2 Å². The van der Waals surface area contributed by atoms with Gasteiger partial charge in [0.25, 0.3) is 11.5 Å². The van der Waals surface area contributed by atoms with E-state index in [1.165, 1.54) is 24.8 Å². The van der Waals surface area contributed by atoms with Crippen LogP contribution in [0.5, 0.6) is 0 Å². The van der Waals surface area contributed by atoms with Crippen molar-refractivity contribution < 1.29 is 18.0 Å². The van der Waals surface area contributed by atoms with E-state index in [4.69, 9.17) is 0 Å². The van der Waals surface area contributed by atoms with Crippen LogP contribution in [-0.4, -0.2) is 28.4 Å². The number of hydrogen-bond acceptors (Lipinski definition) is 3. The predicted molar refractivity (Wildman–Crippen MR) is 103 cm³/mol. The Balaban J connectivity index is 1.57. The quantitative estimate of drug-likeness (QED) is 0.795. The molecule has 1 amide bonds. The lowest BCUT2D eigenvalue weighted by Crippen LogP contribution is -2.36. The van der Waals surface area contributed by atoms with Crippen LogP contribution in [-0.2, 0) is 19.3 Å². The minimum Gasteiger partial charge on any atom is -0.348 e. The van der Waals surface area contributed by atoms with Crippen LogP contribution in [0, 0.1) is 0 Å². The van der Waals surface area contributed by atoms with Crippen LogP contribution < -0.4 is 10.9 Å². The summed E-state index contributed by atoms with van der Waals surface area (Å²) in [5, 5.41) is 2.57. The third-order valence-electron chi connectivity index (χ3n) is 5.26. The number of nitrogens with one attached hydrogen (secondary N) is 2. The van der Waals surface area contributed by atoms with Gasteiger partial charge >= 0.3 is 6.18 Å². The van der Waals surface area contributed by atoms with E-state index in [0.717, 1.165) is 24.7 Å². The van der Waals surface area contributed by atoms with Gasteiger partial charge in [0.2, 0.25) is 0 Å². The highest BCUT2D eigenvalue weighted by atomic mass is 19.4. The third-order valence-corrected chi connectivity index (χ3v) is 5.26. The number of benzene rings is 1. The fourth-order valence-corrected chi connectivity index (χ4v) is 3.48. The first-order valence-electron chi connectivity index (χ1n) is 9.64. The number of hydrogen-bond donors (Lipinski definition) is 2. The van der Waals surface area contributed by atoms with E-state index in [0.29, 0.717) is 12.1 Å². The fraction of sp³-hybridized carbons (Fsp3) is 0.429. The minimum atomic E-state index is -4.66. The smallest absolute Gasteiger partial charge is 0.348 e. The molecular formula is C21H24F3N3O2. The van der Waals surface area contributed by atoms with Crippen molar-refractivity contribution in [3.8, 4) is 0 Å². The van der Waals surface area contributed by atoms with Gasteiger partial charge in [0.1, 0.15) is 11.3 Å². The van der Waals surface area contributed by atoms with Gasteiger partial charge < -0.3 is 10.3 Å². The molecule has 156 valence electrons. The highest BCUT2D eigenvalue weighted by Crippen LogP contribution is 2.26. The fourth-order valence-electron chi connectivity index (χ4n) is 3.48. The van der Waals surface area contributed by atoms with Crippen molar-refractivity contribution in [2.45, 2.75) is 51.5 Å². The number of alkyl halides is 3. The maximum absolute atomic E-state index is 12.6. The molecule has 1 aromatic heterocycles. The van der Waals surface area contributed by atoms with Crippen molar-refractivity contribution in [3.63, 3.8) is 0 Å². The maximum Gasteiger partial charge on any atom is 0.431 e. The zero-order valence-electron chi connectivity index (χ0n) is 16.2. The number of rotatable bonds is 5. The van der Waals surface area contributed by atoms with E-state index in [1.54, 1.807) is 4.98 Å². The average molecular weight is 407 g/mol. The number of aromatic nitrogens is 1. The van der Waals surface area contributed by atoms with Crippen LogP contribution in [0.2, 0.25) is 0 Å². The molecule has 0 saturated carbocycles. The zero-order valence-corrected chi connectivity index (χ0v) is 16.2. The van der Waals surface area contributed by atoms with Crippen LogP contribution in [0.4, 0.5) is 13.2 Å².